The first-order chi connectivity index (χ1) is 7.88. The van der Waals surface area contributed by atoms with E-state index in [-0.39, 0.29) is 11.4 Å². The van der Waals surface area contributed by atoms with Crippen LogP contribution in [0.3, 0.4) is 0 Å². The Morgan fingerprint density at radius 1 is 1.35 bits per heavy atom. The fraction of sp³-hybridized carbons (Fsp3) is 0.364. The second-order valence-electron chi connectivity index (χ2n) is 3.53. The number of nitro benzene ring substituents is 1. The Bertz CT molecular complexity index is 481. The Morgan fingerprint density at radius 3 is 2.35 bits per heavy atom. The van der Waals surface area contributed by atoms with Crippen molar-refractivity contribution < 1.29 is 19.2 Å². The normalized spacial score (nSPS) is 9.88. The highest BCUT2D eigenvalue weighted by molar-refractivity contribution is 5.72. The smallest absolute Gasteiger partial charge is 0.308 e. The minimum atomic E-state index is -0.555. The molecule has 6 nitrogen and oxygen atoms in total. The zero-order chi connectivity index (χ0) is 13.2. The summed E-state index contributed by atoms with van der Waals surface area (Å²) < 4.78 is 9.99. The van der Waals surface area contributed by atoms with Crippen molar-refractivity contribution in [3.8, 4) is 11.5 Å². The van der Waals surface area contributed by atoms with E-state index in [1.807, 2.05) is 0 Å². The fourth-order valence-electron chi connectivity index (χ4n) is 1.52. The maximum atomic E-state index is 10.9. The molecule has 0 fully saturated rings. The molecule has 92 valence electrons. The summed E-state index contributed by atoms with van der Waals surface area (Å²) in [5.41, 5.74) is 0.972. The van der Waals surface area contributed by atoms with Crippen molar-refractivity contribution in [1.82, 2.24) is 0 Å². The maximum absolute atomic E-state index is 10.9. The Hall–Kier alpha value is -2.11. The standard InChI is InChI=1S/C11H13NO5/c1-6-7(2)11(16-4)10(17-8(3)13)5-9(6)12(14)15/h5H,1-4H3. The maximum Gasteiger partial charge on any atom is 0.308 e. The molecule has 0 amide bonds. The molecule has 6 heteroatoms. The summed E-state index contributed by atoms with van der Waals surface area (Å²) in [6.45, 7) is 4.52. The molecule has 0 N–H and O–H groups in total. The molecule has 0 radical (unpaired) electrons. The number of nitro groups is 1. The number of carbonyl (C=O) groups is 1. The SMILES string of the molecule is COc1c(OC(C)=O)cc([N+](=O)[O-])c(C)c1C. The van der Waals surface area contributed by atoms with E-state index in [0.29, 0.717) is 16.9 Å². The number of ether oxygens (including phenoxy) is 2. The van der Waals surface area contributed by atoms with Crippen LogP contribution in [0.15, 0.2) is 6.07 Å². The topological polar surface area (TPSA) is 78.7 Å². The van der Waals surface area contributed by atoms with Gasteiger partial charge in [0.15, 0.2) is 11.5 Å². The van der Waals surface area contributed by atoms with Gasteiger partial charge in [0.2, 0.25) is 0 Å². The molecule has 17 heavy (non-hydrogen) atoms. The van der Waals surface area contributed by atoms with E-state index in [4.69, 9.17) is 9.47 Å². The molecule has 0 spiro atoms. The first kappa shape index (κ1) is 13.0. The van der Waals surface area contributed by atoms with E-state index in [0.717, 1.165) is 0 Å². The predicted molar refractivity (Wildman–Crippen MR) is 60.4 cm³/mol. The first-order valence-corrected chi connectivity index (χ1v) is 4.89. The molecule has 0 saturated heterocycles. The van der Waals surface area contributed by atoms with Gasteiger partial charge in [0, 0.05) is 18.1 Å². The van der Waals surface area contributed by atoms with Crippen molar-refractivity contribution in [2.75, 3.05) is 7.11 Å². The highest BCUT2D eigenvalue weighted by Crippen LogP contribution is 2.38. The van der Waals surface area contributed by atoms with E-state index >= 15 is 0 Å². The summed E-state index contributed by atoms with van der Waals surface area (Å²) in [5, 5.41) is 10.8. The number of esters is 1. The number of hydrogen-bond acceptors (Lipinski definition) is 5. The van der Waals surface area contributed by atoms with Crippen LogP contribution in [0.1, 0.15) is 18.1 Å². The number of methoxy groups -OCH3 is 1. The van der Waals surface area contributed by atoms with Crippen LogP contribution in [-0.4, -0.2) is 18.0 Å². The van der Waals surface area contributed by atoms with E-state index in [2.05, 4.69) is 0 Å². The van der Waals surface area contributed by atoms with Crippen LogP contribution in [0.5, 0.6) is 11.5 Å². The average molecular weight is 239 g/mol. The number of hydrogen-bond donors (Lipinski definition) is 0. The molecule has 0 atom stereocenters. The van der Waals surface area contributed by atoms with E-state index < -0.39 is 10.9 Å². The van der Waals surface area contributed by atoms with Crippen LogP contribution in [0.25, 0.3) is 0 Å². The quantitative estimate of drug-likeness (QED) is 0.349. The van der Waals surface area contributed by atoms with Crippen molar-refractivity contribution in [1.29, 1.82) is 0 Å². The summed E-state index contributed by atoms with van der Waals surface area (Å²) in [7, 11) is 1.42. The lowest BCUT2D eigenvalue weighted by Crippen LogP contribution is -2.06. The monoisotopic (exact) mass is 239 g/mol. The summed E-state index contributed by atoms with van der Waals surface area (Å²) in [6, 6.07) is 1.20. The van der Waals surface area contributed by atoms with Crippen molar-refractivity contribution >= 4 is 11.7 Å². The molecule has 0 aromatic heterocycles. The Balaban J connectivity index is 3.46. The molecule has 0 saturated carbocycles. The first-order valence-electron chi connectivity index (χ1n) is 4.89. The van der Waals surface area contributed by atoms with Crippen LogP contribution in [-0.2, 0) is 4.79 Å². The van der Waals surface area contributed by atoms with Gasteiger partial charge in [-0.25, -0.2) is 0 Å². The second kappa shape index (κ2) is 4.82. The minimum absolute atomic E-state index is 0.0646. The van der Waals surface area contributed by atoms with Gasteiger partial charge >= 0.3 is 5.97 Å². The zero-order valence-electron chi connectivity index (χ0n) is 10.1. The number of nitrogens with zero attached hydrogens (tertiary/aromatic N) is 1. The van der Waals surface area contributed by atoms with Gasteiger partial charge in [0.25, 0.3) is 5.69 Å². The third kappa shape index (κ3) is 2.52. The van der Waals surface area contributed by atoms with E-state index in [9.17, 15) is 14.9 Å². The third-order valence-corrected chi connectivity index (χ3v) is 2.43. The van der Waals surface area contributed by atoms with Crippen LogP contribution in [0, 0.1) is 24.0 Å². The van der Waals surface area contributed by atoms with Crippen molar-refractivity contribution in [3.05, 3.63) is 27.3 Å². The highest BCUT2D eigenvalue weighted by atomic mass is 16.6. The van der Waals surface area contributed by atoms with Crippen LogP contribution >= 0.6 is 0 Å². The van der Waals surface area contributed by atoms with Crippen molar-refractivity contribution in [3.63, 3.8) is 0 Å². The van der Waals surface area contributed by atoms with E-state index in [1.165, 1.54) is 20.1 Å². The molecular weight excluding hydrogens is 226 g/mol. The van der Waals surface area contributed by atoms with Gasteiger partial charge in [-0.15, -0.1) is 0 Å². The van der Waals surface area contributed by atoms with Crippen molar-refractivity contribution in [2.24, 2.45) is 0 Å². The molecule has 0 aliphatic carbocycles. The fourth-order valence-corrected chi connectivity index (χ4v) is 1.52. The molecular formula is C11H13NO5. The van der Waals surface area contributed by atoms with Crippen molar-refractivity contribution in [2.45, 2.75) is 20.8 Å². The van der Waals surface area contributed by atoms with Crippen LogP contribution < -0.4 is 9.47 Å². The van der Waals surface area contributed by atoms with Crippen LogP contribution in [0.2, 0.25) is 0 Å². The Labute approximate surface area is 98.3 Å². The molecule has 1 rings (SSSR count). The van der Waals surface area contributed by atoms with Gasteiger partial charge < -0.3 is 9.47 Å². The second-order valence-corrected chi connectivity index (χ2v) is 3.53. The lowest BCUT2D eigenvalue weighted by molar-refractivity contribution is -0.385. The molecule has 0 aliphatic rings. The summed E-state index contributed by atoms with van der Waals surface area (Å²) >= 11 is 0. The van der Waals surface area contributed by atoms with Gasteiger partial charge in [-0.1, -0.05) is 0 Å². The molecule has 1 aromatic rings. The number of benzene rings is 1. The molecule has 0 bridgehead atoms. The Morgan fingerprint density at radius 2 is 1.94 bits per heavy atom. The molecule has 0 aliphatic heterocycles. The molecule has 1 aromatic carbocycles. The lowest BCUT2D eigenvalue weighted by Gasteiger charge is -2.12. The summed E-state index contributed by atoms with van der Waals surface area (Å²) in [5.74, 6) is -0.154. The van der Waals surface area contributed by atoms with Gasteiger partial charge in [0.05, 0.1) is 18.1 Å². The largest absolute Gasteiger partial charge is 0.493 e. The van der Waals surface area contributed by atoms with Gasteiger partial charge in [0.1, 0.15) is 0 Å². The molecule has 0 heterocycles. The van der Waals surface area contributed by atoms with E-state index in [1.54, 1.807) is 13.8 Å². The van der Waals surface area contributed by atoms with Crippen LogP contribution in [0.4, 0.5) is 5.69 Å². The number of rotatable bonds is 3. The minimum Gasteiger partial charge on any atom is -0.493 e. The molecule has 0 unspecified atom stereocenters. The summed E-state index contributed by atoms with van der Waals surface area (Å²) in [4.78, 5) is 21.2. The van der Waals surface area contributed by atoms with Gasteiger partial charge in [-0.05, 0) is 13.8 Å². The summed E-state index contributed by atoms with van der Waals surface area (Å²) in [6.07, 6.45) is 0. The van der Waals surface area contributed by atoms with Gasteiger partial charge in [-0.2, -0.15) is 0 Å². The highest BCUT2D eigenvalue weighted by Gasteiger charge is 2.21. The third-order valence-electron chi connectivity index (χ3n) is 2.43. The van der Waals surface area contributed by atoms with Gasteiger partial charge in [-0.3, -0.25) is 14.9 Å². The predicted octanol–water partition coefficient (Wildman–Crippen LogP) is 2.15. The number of carbonyl (C=O) groups excluding carboxylic acids is 1. The zero-order valence-corrected chi connectivity index (χ0v) is 10.1. The Kier molecular flexibility index (Phi) is 3.67. The lowest BCUT2D eigenvalue weighted by atomic mass is 10.1. The average Bonchev–Trinajstić information content (AvgIpc) is 2.22.